The van der Waals surface area contributed by atoms with Crippen molar-refractivity contribution >= 4 is 0 Å². The van der Waals surface area contributed by atoms with Crippen LogP contribution in [-0.4, -0.2) is 4.98 Å². The molecule has 1 aromatic heterocycles. The van der Waals surface area contributed by atoms with Gasteiger partial charge in [0.1, 0.15) is 5.76 Å². The van der Waals surface area contributed by atoms with Crippen LogP contribution in [0.2, 0.25) is 0 Å². The van der Waals surface area contributed by atoms with Gasteiger partial charge < -0.3 is 10.2 Å². The van der Waals surface area contributed by atoms with E-state index in [2.05, 4.69) is 11.9 Å². The minimum atomic E-state index is 0.200. The lowest BCUT2D eigenvalue weighted by Gasteiger charge is -2.20. The van der Waals surface area contributed by atoms with Gasteiger partial charge in [0, 0.05) is 12.0 Å². The van der Waals surface area contributed by atoms with E-state index in [1.807, 2.05) is 0 Å². The SMILES string of the molecule is CC1(c2ocnc2CN)CCCC1. The van der Waals surface area contributed by atoms with Gasteiger partial charge in [-0.05, 0) is 12.8 Å². The summed E-state index contributed by atoms with van der Waals surface area (Å²) in [4.78, 5) is 4.13. The first kappa shape index (κ1) is 8.75. The summed E-state index contributed by atoms with van der Waals surface area (Å²) in [5.41, 5.74) is 6.73. The van der Waals surface area contributed by atoms with Crippen LogP contribution in [0.1, 0.15) is 44.1 Å². The Kier molecular flexibility index (Phi) is 2.12. The van der Waals surface area contributed by atoms with E-state index in [4.69, 9.17) is 10.2 Å². The zero-order valence-electron chi connectivity index (χ0n) is 8.05. The van der Waals surface area contributed by atoms with Crippen LogP contribution in [0.5, 0.6) is 0 Å². The molecule has 2 N–H and O–H groups in total. The molecule has 3 nitrogen and oxygen atoms in total. The fraction of sp³-hybridized carbons (Fsp3) is 0.700. The molecule has 2 rings (SSSR count). The lowest BCUT2D eigenvalue weighted by Crippen LogP contribution is -2.19. The molecule has 13 heavy (non-hydrogen) atoms. The Morgan fingerprint density at radius 1 is 1.54 bits per heavy atom. The van der Waals surface area contributed by atoms with Crippen LogP contribution in [0, 0.1) is 0 Å². The summed E-state index contributed by atoms with van der Waals surface area (Å²) >= 11 is 0. The smallest absolute Gasteiger partial charge is 0.181 e. The third-order valence-corrected chi connectivity index (χ3v) is 3.09. The van der Waals surface area contributed by atoms with E-state index in [9.17, 15) is 0 Å². The molecule has 0 aliphatic heterocycles. The summed E-state index contributed by atoms with van der Waals surface area (Å²) in [5.74, 6) is 1.02. The van der Waals surface area contributed by atoms with Gasteiger partial charge in [-0.1, -0.05) is 19.8 Å². The van der Waals surface area contributed by atoms with E-state index in [0.29, 0.717) is 6.54 Å². The third kappa shape index (κ3) is 1.37. The summed E-state index contributed by atoms with van der Waals surface area (Å²) in [7, 11) is 0. The van der Waals surface area contributed by atoms with Gasteiger partial charge in [-0.3, -0.25) is 0 Å². The summed E-state index contributed by atoms with van der Waals surface area (Å²) in [6.07, 6.45) is 6.51. The molecule has 3 heteroatoms. The van der Waals surface area contributed by atoms with Crippen LogP contribution in [-0.2, 0) is 12.0 Å². The van der Waals surface area contributed by atoms with Crippen molar-refractivity contribution < 1.29 is 4.42 Å². The first-order valence-corrected chi connectivity index (χ1v) is 4.89. The van der Waals surface area contributed by atoms with Crippen LogP contribution in [0.3, 0.4) is 0 Å². The molecule has 1 saturated carbocycles. The van der Waals surface area contributed by atoms with Gasteiger partial charge in [0.15, 0.2) is 6.39 Å². The molecule has 1 heterocycles. The van der Waals surface area contributed by atoms with Crippen molar-refractivity contribution in [3.8, 4) is 0 Å². The summed E-state index contributed by atoms with van der Waals surface area (Å²) in [6.45, 7) is 2.74. The van der Waals surface area contributed by atoms with Crippen LogP contribution < -0.4 is 5.73 Å². The summed E-state index contributed by atoms with van der Waals surface area (Å²) < 4.78 is 5.45. The van der Waals surface area contributed by atoms with Gasteiger partial charge in [-0.2, -0.15) is 0 Å². The number of rotatable bonds is 2. The largest absolute Gasteiger partial charge is 0.448 e. The van der Waals surface area contributed by atoms with E-state index < -0.39 is 0 Å². The van der Waals surface area contributed by atoms with Crippen molar-refractivity contribution in [3.63, 3.8) is 0 Å². The van der Waals surface area contributed by atoms with E-state index >= 15 is 0 Å². The zero-order valence-corrected chi connectivity index (χ0v) is 8.05. The molecule has 72 valence electrons. The molecule has 0 bridgehead atoms. The lowest BCUT2D eigenvalue weighted by molar-refractivity contribution is 0.362. The van der Waals surface area contributed by atoms with Gasteiger partial charge in [-0.25, -0.2) is 4.98 Å². The standard InChI is InChI=1S/C10H16N2O/c1-10(4-2-3-5-10)9-8(6-11)12-7-13-9/h7H,2-6,11H2,1H3. The van der Waals surface area contributed by atoms with Gasteiger partial charge >= 0.3 is 0 Å². The first-order chi connectivity index (χ1) is 6.26. The molecule has 0 amide bonds. The summed E-state index contributed by atoms with van der Waals surface area (Å²) in [5, 5.41) is 0. The van der Waals surface area contributed by atoms with Crippen LogP contribution in [0.4, 0.5) is 0 Å². The second-order valence-corrected chi connectivity index (χ2v) is 4.10. The highest BCUT2D eigenvalue weighted by Gasteiger charge is 2.35. The van der Waals surface area contributed by atoms with E-state index in [-0.39, 0.29) is 5.41 Å². The number of hydrogen-bond donors (Lipinski definition) is 1. The van der Waals surface area contributed by atoms with Crippen molar-refractivity contribution in [1.29, 1.82) is 0 Å². The third-order valence-electron chi connectivity index (χ3n) is 3.09. The number of oxazole rings is 1. The van der Waals surface area contributed by atoms with E-state index in [0.717, 1.165) is 11.5 Å². The van der Waals surface area contributed by atoms with Crippen molar-refractivity contribution in [1.82, 2.24) is 4.98 Å². The van der Waals surface area contributed by atoms with Gasteiger partial charge in [0.2, 0.25) is 0 Å². The number of nitrogens with zero attached hydrogens (tertiary/aromatic N) is 1. The minimum absolute atomic E-state index is 0.200. The van der Waals surface area contributed by atoms with Crippen molar-refractivity contribution in [2.24, 2.45) is 5.73 Å². The maximum absolute atomic E-state index is 5.60. The normalized spacial score (nSPS) is 20.8. The van der Waals surface area contributed by atoms with Crippen molar-refractivity contribution in [3.05, 3.63) is 17.8 Å². The highest BCUT2D eigenvalue weighted by molar-refractivity contribution is 5.19. The molecule has 0 radical (unpaired) electrons. The fourth-order valence-corrected chi connectivity index (χ4v) is 2.29. The van der Waals surface area contributed by atoms with Crippen LogP contribution in [0.25, 0.3) is 0 Å². The van der Waals surface area contributed by atoms with Gasteiger partial charge in [-0.15, -0.1) is 0 Å². The number of nitrogens with two attached hydrogens (primary N) is 1. The topological polar surface area (TPSA) is 52.0 Å². The van der Waals surface area contributed by atoms with E-state index in [1.165, 1.54) is 32.1 Å². The molecular weight excluding hydrogens is 164 g/mol. The lowest BCUT2D eigenvalue weighted by atomic mass is 9.85. The molecular formula is C10H16N2O. The molecule has 0 atom stereocenters. The monoisotopic (exact) mass is 180 g/mol. The second kappa shape index (κ2) is 3.14. The Morgan fingerprint density at radius 2 is 2.23 bits per heavy atom. The molecule has 1 aliphatic rings. The predicted molar refractivity (Wildman–Crippen MR) is 50.2 cm³/mol. The Bertz CT molecular complexity index is 287. The predicted octanol–water partition coefficient (Wildman–Crippen LogP) is 1.97. The second-order valence-electron chi connectivity index (χ2n) is 4.10. The molecule has 1 aliphatic carbocycles. The zero-order chi connectivity index (χ0) is 9.31. The molecule has 0 saturated heterocycles. The number of hydrogen-bond acceptors (Lipinski definition) is 3. The Morgan fingerprint density at radius 3 is 2.85 bits per heavy atom. The van der Waals surface area contributed by atoms with Gasteiger partial charge in [0.25, 0.3) is 0 Å². The minimum Gasteiger partial charge on any atom is -0.448 e. The van der Waals surface area contributed by atoms with Gasteiger partial charge in [0.05, 0.1) is 5.69 Å². The molecule has 0 unspecified atom stereocenters. The molecule has 0 aromatic carbocycles. The fourth-order valence-electron chi connectivity index (χ4n) is 2.29. The maximum Gasteiger partial charge on any atom is 0.181 e. The Hall–Kier alpha value is -0.830. The van der Waals surface area contributed by atoms with Crippen molar-refractivity contribution in [2.45, 2.75) is 44.6 Å². The average molecular weight is 180 g/mol. The van der Waals surface area contributed by atoms with Crippen LogP contribution >= 0.6 is 0 Å². The number of aromatic nitrogens is 1. The first-order valence-electron chi connectivity index (χ1n) is 4.89. The maximum atomic E-state index is 5.60. The Balaban J connectivity index is 2.32. The average Bonchev–Trinajstić information content (AvgIpc) is 2.72. The highest BCUT2D eigenvalue weighted by Crippen LogP contribution is 2.41. The highest BCUT2D eigenvalue weighted by atomic mass is 16.3. The van der Waals surface area contributed by atoms with Crippen LogP contribution in [0.15, 0.2) is 10.8 Å². The summed E-state index contributed by atoms with van der Waals surface area (Å²) in [6, 6.07) is 0. The molecule has 0 spiro atoms. The Labute approximate surface area is 78.3 Å². The quantitative estimate of drug-likeness (QED) is 0.757. The molecule has 1 fully saturated rings. The van der Waals surface area contributed by atoms with Crippen molar-refractivity contribution in [2.75, 3.05) is 0 Å². The van der Waals surface area contributed by atoms with E-state index in [1.54, 1.807) is 0 Å². The molecule has 1 aromatic rings.